The predicted octanol–water partition coefficient (Wildman–Crippen LogP) is 3.33. The van der Waals surface area contributed by atoms with Gasteiger partial charge in [0.2, 0.25) is 6.79 Å². The average molecular weight is 331 g/mol. The summed E-state index contributed by atoms with van der Waals surface area (Å²) in [4.78, 5) is 14.3. The third-order valence-electron chi connectivity index (χ3n) is 4.13. The maximum atomic E-state index is 12.4. The van der Waals surface area contributed by atoms with E-state index < -0.39 is 0 Å². The summed E-state index contributed by atoms with van der Waals surface area (Å²) in [5.41, 5.74) is 1.23. The smallest absolute Gasteiger partial charge is 0.289 e. The second kappa shape index (κ2) is 6.20. The van der Waals surface area contributed by atoms with Gasteiger partial charge in [-0.3, -0.25) is 4.79 Å². The first-order valence-electron chi connectivity index (χ1n) is 7.65. The van der Waals surface area contributed by atoms with Crippen molar-refractivity contribution in [1.82, 2.24) is 4.90 Å². The maximum Gasteiger partial charge on any atom is 0.289 e. The summed E-state index contributed by atoms with van der Waals surface area (Å²) in [5.74, 6) is 2.92. The van der Waals surface area contributed by atoms with Crippen LogP contribution >= 0.6 is 11.8 Å². The van der Waals surface area contributed by atoms with Crippen LogP contribution in [0.3, 0.4) is 0 Å². The second-order valence-corrected chi connectivity index (χ2v) is 6.84. The van der Waals surface area contributed by atoms with Crippen LogP contribution in [0.25, 0.3) is 0 Å². The molecule has 0 spiro atoms. The van der Waals surface area contributed by atoms with Crippen LogP contribution in [0.1, 0.15) is 27.8 Å². The Bertz CT molecular complexity index is 701. The van der Waals surface area contributed by atoms with Crippen molar-refractivity contribution in [2.24, 2.45) is 0 Å². The molecule has 0 saturated carbocycles. The number of hydrogen-bond acceptors (Lipinski definition) is 5. The van der Waals surface area contributed by atoms with Crippen LogP contribution in [-0.4, -0.2) is 36.4 Å². The zero-order chi connectivity index (χ0) is 15.6. The molecule has 1 aromatic heterocycles. The molecule has 120 valence electrons. The maximum absolute atomic E-state index is 12.4. The predicted molar refractivity (Wildman–Crippen MR) is 87.0 cm³/mol. The lowest BCUT2D eigenvalue weighted by Crippen LogP contribution is -2.32. The van der Waals surface area contributed by atoms with Gasteiger partial charge in [0.05, 0.1) is 6.26 Å². The molecule has 1 fully saturated rings. The van der Waals surface area contributed by atoms with Gasteiger partial charge in [-0.1, -0.05) is 6.07 Å². The number of ether oxygens (including phenoxy) is 2. The summed E-state index contributed by atoms with van der Waals surface area (Å²) < 4.78 is 16.0. The summed E-state index contributed by atoms with van der Waals surface area (Å²) in [7, 11) is 0. The van der Waals surface area contributed by atoms with Crippen LogP contribution in [0, 0.1) is 0 Å². The highest BCUT2D eigenvalue weighted by atomic mass is 32.2. The van der Waals surface area contributed by atoms with Gasteiger partial charge in [-0.15, -0.1) is 0 Å². The van der Waals surface area contributed by atoms with E-state index in [1.807, 2.05) is 22.7 Å². The Kier molecular flexibility index (Phi) is 3.91. The highest BCUT2D eigenvalue weighted by Gasteiger charge is 2.25. The van der Waals surface area contributed by atoms with Gasteiger partial charge < -0.3 is 18.8 Å². The van der Waals surface area contributed by atoms with Crippen LogP contribution in [0.4, 0.5) is 0 Å². The van der Waals surface area contributed by atoms with E-state index in [-0.39, 0.29) is 5.91 Å². The molecule has 2 aliphatic rings. The molecule has 0 aliphatic carbocycles. The Hall–Kier alpha value is -2.08. The highest BCUT2D eigenvalue weighted by Crippen LogP contribution is 2.40. The van der Waals surface area contributed by atoms with E-state index in [0.29, 0.717) is 17.8 Å². The quantitative estimate of drug-likeness (QED) is 0.845. The summed E-state index contributed by atoms with van der Waals surface area (Å²) >= 11 is 1.88. The van der Waals surface area contributed by atoms with Crippen molar-refractivity contribution in [2.75, 3.05) is 25.6 Å². The van der Waals surface area contributed by atoms with E-state index >= 15 is 0 Å². The van der Waals surface area contributed by atoms with Crippen LogP contribution < -0.4 is 9.47 Å². The lowest BCUT2D eigenvalue weighted by Gasteiger charge is -2.19. The first-order chi connectivity index (χ1) is 11.3. The van der Waals surface area contributed by atoms with Gasteiger partial charge in [0.25, 0.3) is 5.91 Å². The van der Waals surface area contributed by atoms with Gasteiger partial charge in [-0.05, 0) is 36.2 Å². The molecule has 2 aromatic rings. The molecule has 6 heteroatoms. The lowest BCUT2D eigenvalue weighted by molar-refractivity contribution is 0.0734. The van der Waals surface area contributed by atoms with Crippen LogP contribution in [0.15, 0.2) is 41.0 Å². The number of benzene rings is 1. The zero-order valence-corrected chi connectivity index (χ0v) is 13.4. The minimum absolute atomic E-state index is 0.0260. The molecule has 0 bridgehead atoms. The van der Waals surface area contributed by atoms with Crippen LogP contribution in [0.2, 0.25) is 0 Å². The van der Waals surface area contributed by atoms with E-state index in [0.717, 1.165) is 36.8 Å². The Labute approximate surface area is 138 Å². The van der Waals surface area contributed by atoms with Crippen molar-refractivity contribution in [2.45, 2.75) is 11.7 Å². The molecule has 1 aromatic carbocycles. The molecular formula is C17H17NO4S. The Morgan fingerprint density at radius 1 is 1.17 bits per heavy atom. The molecule has 0 radical (unpaired) electrons. The fourth-order valence-corrected chi connectivity index (χ4v) is 4.13. The van der Waals surface area contributed by atoms with Gasteiger partial charge in [-0.2, -0.15) is 11.8 Å². The number of nitrogens with zero attached hydrogens (tertiary/aromatic N) is 1. The standard InChI is InChI=1S/C17H17NO4S/c19-17(14-2-1-8-20-14)18-6-5-16(23-9-7-18)12-3-4-13-15(10-12)22-11-21-13/h1-4,8,10,16H,5-7,9,11H2/t16-/m1/s1. The van der Waals surface area contributed by atoms with Crippen LogP contribution in [-0.2, 0) is 0 Å². The SMILES string of the molecule is O=C(c1ccco1)N1CCS[C@@H](c2ccc3c(c2)OCO3)CC1. The second-order valence-electron chi connectivity index (χ2n) is 5.53. The molecule has 1 saturated heterocycles. The molecule has 23 heavy (non-hydrogen) atoms. The van der Waals surface area contributed by atoms with E-state index in [4.69, 9.17) is 13.9 Å². The van der Waals surface area contributed by atoms with Crippen LogP contribution in [0.5, 0.6) is 11.5 Å². The van der Waals surface area contributed by atoms with Crippen molar-refractivity contribution in [3.05, 3.63) is 47.9 Å². The molecule has 1 atom stereocenters. The fraction of sp³-hybridized carbons (Fsp3) is 0.353. The van der Waals surface area contributed by atoms with Crippen molar-refractivity contribution >= 4 is 17.7 Å². The van der Waals surface area contributed by atoms with Crippen molar-refractivity contribution in [3.8, 4) is 11.5 Å². The van der Waals surface area contributed by atoms with Gasteiger partial charge in [0, 0.05) is 24.1 Å². The number of rotatable bonds is 2. The molecule has 4 rings (SSSR count). The summed E-state index contributed by atoms with van der Waals surface area (Å²) in [5, 5.41) is 0.360. The molecule has 1 amide bonds. The van der Waals surface area contributed by atoms with Gasteiger partial charge in [-0.25, -0.2) is 0 Å². The Balaban J connectivity index is 1.46. The molecule has 2 aliphatic heterocycles. The topological polar surface area (TPSA) is 51.9 Å². The fourth-order valence-electron chi connectivity index (χ4n) is 2.91. The van der Waals surface area contributed by atoms with Gasteiger partial charge >= 0.3 is 0 Å². The Morgan fingerprint density at radius 3 is 2.96 bits per heavy atom. The first-order valence-corrected chi connectivity index (χ1v) is 8.70. The number of carbonyl (C=O) groups excluding carboxylic acids is 1. The lowest BCUT2D eigenvalue weighted by atomic mass is 10.1. The molecule has 5 nitrogen and oxygen atoms in total. The zero-order valence-electron chi connectivity index (χ0n) is 12.6. The first kappa shape index (κ1) is 14.5. The summed E-state index contributed by atoms with van der Waals surface area (Å²) in [6.07, 6.45) is 2.45. The molecule has 0 unspecified atom stereocenters. The van der Waals surface area contributed by atoms with Crippen molar-refractivity contribution < 1.29 is 18.7 Å². The van der Waals surface area contributed by atoms with E-state index in [1.165, 1.54) is 11.8 Å². The van der Waals surface area contributed by atoms with Gasteiger partial charge in [0.15, 0.2) is 17.3 Å². The Morgan fingerprint density at radius 2 is 2.09 bits per heavy atom. The summed E-state index contributed by atoms with van der Waals surface area (Å²) in [6, 6.07) is 9.58. The number of thioether (sulfide) groups is 1. The van der Waals surface area contributed by atoms with Crippen molar-refractivity contribution in [1.29, 1.82) is 0 Å². The number of fused-ring (bicyclic) bond motifs is 1. The minimum Gasteiger partial charge on any atom is -0.459 e. The minimum atomic E-state index is -0.0260. The third kappa shape index (κ3) is 2.91. The van der Waals surface area contributed by atoms with Gasteiger partial charge in [0.1, 0.15) is 0 Å². The van der Waals surface area contributed by atoms with E-state index in [1.54, 1.807) is 12.1 Å². The average Bonchev–Trinajstić information content (AvgIpc) is 3.20. The monoisotopic (exact) mass is 331 g/mol. The number of amides is 1. The summed E-state index contributed by atoms with van der Waals surface area (Å²) in [6.45, 7) is 1.76. The molecule has 0 N–H and O–H groups in total. The molecular weight excluding hydrogens is 314 g/mol. The normalized spacial score (nSPS) is 20.3. The number of carbonyl (C=O) groups is 1. The number of hydrogen-bond donors (Lipinski definition) is 0. The molecule has 3 heterocycles. The van der Waals surface area contributed by atoms with E-state index in [9.17, 15) is 4.79 Å². The van der Waals surface area contributed by atoms with Crippen molar-refractivity contribution in [3.63, 3.8) is 0 Å². The highest BCUT2D eigenvalue weighted by molar-refractivity contribution is 7.99. The largest absolute Gasteiger partial charge is 0.459 e. The third-order valence-corrected chi connectivity index (χ3v) is 5.46. The number of furan rings is 1. The van der Waals surface area contributed by atoms with E-state index in [2.05, 4.69) is 12.1 Å².